The van der Waals surface area contributed by atoms with E-state index >= 15 is 0 Å². The molecule has 4 rings (SSSR count). The number of likely N-dealkylation sites (tertiary alicyclic amines) is 1. The lowest BCUT2D eigenvalue weighted by Gasteiger charge is -2.48. The molecule has 202 valence electrons. The van der Waals surface area contributed by atoms with Crippen molar-refractivity contribution in [2.45, 2.75) is 51.2 Å². The van der Waals surface area contributed by atoms with Gasteiger partial charge < -0.3 is 10.0 Å². The van der Waals surface area contributed by atoms with Crippen molar-refractivity contribution in [1.82, 2.24) is 14.8 Å². The molecule has 0 saturated carbocycles. The average molecular weight is 533 g/mol. The van der Waals surface area contributed by atoms with Crippen molar-refractivity contribution in [2.75, 3.05) is 42.3 Å². The number of hydrogen-bond donors (Lipinski definition) is 3. The summed E-state index contributed by atoms with van der Waals surface area (Å²) in [5.41, 5.74) is 1.80. The summed E-state index contributed by atoms with van der Waals surface area (Å²) in [6, 6.07) is 7.49. The molecule has 9 nitrogen and oxygen atoms in total. The molecule has 11 heteroatoms. The molecule has 0 amide bonds. The van der Waals surface area contributed by atoms with Crippen LogP contribution in [0.2, 0.25) is 0 Å². The number of aryl methyl sites for hydroxylation is 1. The van der Waals surface area contributed by atoms with E-state index in [1.807, 2.05) is 25.1 Å². The number of piperidine rings is 1. The fraction of sp³-hybridized carbons (Fsp3) is 0.500. The zero-order valence-electron chi connectivity index (χ0n) is 21.3. The summed E-state index contributed by atoms with van der Waals surface area (Å²) in [4.78, 5) is 11.3. The van der Waals surface area contributed by atoms with Crippen LogP contribution in [0.25, 0.3) is 0 Å². The first-order chi connectivity index (χ1) is 17.6. The predicted octanol–water partition coefficient (Wildman–Crippen LogP) is 2.97. The van der Waals surface area contributed by atoms with E-state index in [9.17, 15) is 17.9 Å². The molecule has 0 spiro atoms. The van der Waals surface area contributed by atoms with Gasteiger partial charge in [-0.3, -0.25) is 14.5 Å². The summed E-state index contributed by atoms with van der Waals surface area (Å²) < 4.78 is 39.0. The fourth-order valence-corrected chi connectivity index (χ4v) is 5.89. The highest BCUT2D eigenvalue weighted by molar-refractivity contribution is 7.90. The number of rotatable bonds is 9. The van der Waals surface area contributed by atoms with E-state index in [-0.39, 0.29) is 23.3 Å². The highest BCUT2D eigenvalue weighted by Gasteiger charge is 2.34. The summed E-state index contributed by atoms with van der Waals surface area (Å²) in [5.74, 6) is 0.201. The molecule has 2 aromatic rings. The van der Waals surface area contributed by atoms with E-state index in [1.54, 1.807) is 6.07 Å². The number of benzene rings is 1. The maximum Gasteiger partial charge on any atom is 0.296 e. The molecule has 0 radical (unpaired) electrons. The molecule has 0 aliphatic carbocycles. The van der Waals surface area contributed by atoms with Gasteiger partial charge >= 0.3 is 0 Å². The van der Waals surface area contributed by atoms with Gasteiger partial charge in [0.2, 0.25) is 0 Å². The lowest BCUT2D eigenvalue weighted by atomic mass is 9.96. The molecule has 4 N–H and O–H groups in total. The molecule has 2 saturated heterocycles. The van der Waals surface area contributed by atoms with Gasteiger partial charge in [-0.2, -0.15) is 8.42 Å². The molecule has 2 aliphatic heterocycles. The maximum atomic E-state index is 14.3. The summed E-state index contributed by atoms with van der Waals surface area (Å²) in [5, 5.41) is 15.6. The van der Waals surface area contributed by atoms with Crippen molar-refractivity contribution in [1.29, 1.82) is 0 Å². The summed E-state index contributed by atoms with van der Waals surface area (Å²) in [7, 11) is -3.95. The number of allylic oxidation sites excluding steroid dienone is 1. The second-order valence-corrected chi connectivity index (χ2v) is 11.3. The third-order valence-corrected chi connectivity index (χ3v) is 7.79. The quantitative estimate of drug-likeness (QED) is 0.426. The molecule has 3 heterocycles. The molecule has 37 heavy (non-hydrogen) atoms. The van der Waals surface area contributed by atoms with Gasteiger partial charge in [0.15, 0.2) is 11.6 Å². The van der Waals surface area contributed by atoms with Gasteiger partial charge in [0.25, 0.3) is 10.2 Å². The molecular formula is C26H37FN6O3S. The Kier molecular flexibility index (Phi) is 8.68. The second-order valence-electron chi connectivity index (χ2n) is 10.0. The van der Waals surface area contributed by atoms with Gasteiger partial charge in [-0.05, 0) is 57.3 Å². The maximum absolute atomic E-state index is 14.3. The summed E-state index contributed by atoms with van der Waals surface area (Å²) in [6.45, 7) is 10.5. The number of nitrogens with zero attached hydrogens (tertiary/aromatic N) is 4. The molecule has 0 bridgehead atoms. The summed E-state index contributed by atoms with van der Waals surface area (Å²) >= 11 is 0. The third-order valence-electron chi connectivity index (χ3n) is 7.27. The van der Waals surface area contributed by atoms with Gasteiger partial charge in [-0.25, -0.2) is 14.5 Å². The monoisotopic (exact) mass is 532 g/mol. The molecule has 1 aromatic carbocycles. The Balaban J connectivity index is 1.39. The van der Waals surface area contributed by atoms with Gasteiger partial charge in [0.1, 0.15) is 5.82 Å². The van der Waals surface area contributed by atoms with Crippen molar-refractivity contribution in [3.8, 4) is 5.75 Å². The zero-order chi connectivity index (χ0) is 26.6. The van der Waals surface area contributed by atoms with Crippen LogP contribution >= 0.6 is 0 Å². The van der Waals surface area contributed by atoms with Crippen molar-refractivity contribution in [2.24, 2.45) is 5.14 Å². The Labute approximate surface area is 219 Å². The molecular weight excluding hydrogens is 495 g/mol. The highest BCUT2D eigenvalue weighted by Crippen LogP contribution is 2.32. The topological polar surface area (TPSA) is 115 Å². The van der Waals surface area contributed by atoms with Crippen LogP contribution in [0.5, 0.6) is 5.75 Å². The SMILES string of the molecule is C=CCC[C@H]1CN(c2ncc(NS(N)(=O)=O)cc2O)CCN1C1CCN(Cc2ccc(C)cc2F)CC1. The van der Waals surface area contributed by atoms with Crippen LogP contribution < -0.4 is 14.8 Å². The zero-order valence-corrected chi connectivity index (χ0v) is 22.1. The largest absolute Gasteiger partial charge is 0.504 e. The molecule has 0 unspecified atom stereocenters. The van der Waals surface area contributed by atoms with Crippen LogP contribution in [-0.4, -0.2) is 73.1 Å². The number of aromatic nitrogens is 1. The standard InChI is InChI=1S/C26H37FN6O3S/c1-3-4-5-23-18-32(26-25(34)15-21(16-29-26)30-37(28,35)36)12-13-33(23)22-8-10-31(11-9-22)17-20-7-6-19(2)14-24(20)27/h3,6-7,14-16,22-23,30,34H,1,4-5,8-13,17-18H2,2H3,(H2,28,35,36)/t23-/m0/s1. The minimum Gasteiger partial charge on any atom is -0.504 e. The minimum absolute atomic E-state index is 0.0961. The van der Waals surface area contributed by atoms with E-state index in [2.05, 4.69) is 31.0 Å². The lowest BCUT2D eigenvalue weighted by molar-refractivity contribution is 0.0592. The van der Waals surface area contributed by atoms with Crippen LogP contribution in [0.1, 0.15) is 36.8 Å². The fourth-order valence-electron chi connectivity index (χ4n) is 5.45. The van der Waals surface area contributed by atoms with Gasteiger partial charge in [-0.15, -0.1) is 6.58 Å². The van der Waals surface area contributed by atoms with Crippen molar-refractivity contribution < 1.29 is 17.9 Å². The van der Waals surface area contributed by atoms with Gasteiger partial charge in [-0.1, -0.05) is 18.2 Å². The predicted molar refractivity (Wildman–Crippen MR) is 144 cm³/mol. The van der Waals surface area contributed by atoms with Crippen molar-refractivity contribution in [3.63, 3.8) is 0 Å². The van der Waals surface area contributed by atoms with E-state index in [1.165, 1.54) is 12.3 Å². The van der Waals surface area contributed by atoms with Crippen molar-refractivity contribution >= 4 is 21.7 Å². The molecule has 1 aromatic heterocycles. The smallest absolute Gasteiger partial charge is 0.296 e. The van der Waals surface area contributed by atoms with Crippen LogP contribution in [0.15, 0.2) is 43.1 Å². The number of hydrogen-bond acceptors (Lipinski definition) is 7. The first-order valence-electron chi connectivity index (χ1n) is 12.7. The third kappa shape index (κ3) is 7.19. The van der Waals surface area contributed by atoms with E-state index < -0.39 is 10.2 Å². The Morgan fingerprint density at radius 2 is 2.00 bits per heavy atom. The number of anilines is 2. The van der Waals surface area contributed by atoms with E-state index in [0.29, 0.717) is 31.5 Å². The van der Waals surface area contributed by atoms with Gasteiger partial charge in [0.05, 0.1) is 11.9 Å². The number of halogens is 1. The number of aromatic hydroxyl groups is 1. The average Bonchev–Trinajstić information content (AvgIpc) is 2.84. The lowest BCUT2D eigenvalue weighted by Crippen LogP contribution is -2.58. The molecule has 1 atom stereocenters. The highest BCUT2D eigenvalue weighted by atomic mass is 32.2. The van der Waals surface area contributed by atoms with Gasteiger partial charge in [0, 0.05) is 49.9 Å². The summed E-state index contributed by atoms with van der Waals surface area (Å²) in [6.07, 6.45) is 7.17. The normalized spacial score (nSPS) is 20.2. The number of piperazine rings is 1. The van der Waals surface area contributed by atoms with Crippen LogP contribution in [0.3, 0.4) is 0 Å². The molecule has 2 aliphatic rings. The number of pyridine rings is 1. The first-order valence-corrected chi connectivity index (χ1v) is 14.3. The Hall–Kier alpha value is -2.73. The minimum atomic E-state index is -3.95. The number of nitrogens with one attached hydrogen (secondary N) is 1. The Morgan fingerprint density at radius 3 is 2.65 bits per heavy atom. The van der Waals surface area contributed by atoms with E-state index in [4.69, 9.17) is 5.14 Å². The van der Waals surface area contributed by atoms with Crippen LogP contribution in [0.4, 0.5) is 15.9 Å². The number of nitrogens with two attached hydrogens (primary N) is 1. The second kappa shape index (κ2) is 11.8. The van der Waals surface area contributed by atoms with Crippen LogP contribution in [-0.2, 0) is 16.8 Å². The first kappa shape index (κ1) is 27.3. The van der Waals surface area contributed by atoms with Crippen molar-refractivity contribution in [3.05, 3.63) is 60.1 Å². The Morgan fingerprint density at radius 1 is 1.24 bits per heavy atom. The molecule has 2 fully saturated rings. The van der Waals surface area contributed by atoms with E-state index in [0.717, 1.165) is 56.4 Å². The van der Waals surface area contributed by atoms with Crippen LogP contribution in [0, 0.1) is 12.7 Å². The Bertz CT molecular complexity index is 1200.